The van der Waals surface area contributed by atoms with Crippen LogP contribution in [0.1, 0.15) is 29.8 Å². The van der Waals surface area contributed by atoms with Crippen LogP contribution in [0.2, 0.25) is 0 Å². The number of likely N-dealkylation sites (N-methyl/N-ethyl adjacent to an activating group) is 1. The maximum absolute atomic E-state index is 12.8. The van der Waals surface area contributed by atoms with Crippen molar-refractivity contribution in [3.05, 3.63) is 54.4 Å². The van der Waals surface area contributed by atoms with Crippen LogP contribution in [0.5, 0.6) is 5.75 Å². The number of likely N-dealkylation sites (tertiary alicyclic amines) is 2. The van der Waals surface area contributed by atoms with E-state index in [1.165, 1.54) is 0 Å². The smallest absolute Gasteiger partial charge is 0.267 e. The monoisotopic (exact) mass is 396 g/mol. The zero-order chi connectivity index (χ0) is 20.3. The standard InChI is InChI=1S/C22H28N4O3/c1-25-14-10-19(24-21(28)18-9-5-12-23-18)22(25)11-6-13-26(16-22)20(27)15-29-17-7-3-2-4-8-17/h2-5,7-9,12,19,23H,6,10-11,13-16H2,1H3,(H,24,28). The van der Waals surface area contributed by atoms with E-state index in [4.69, 9.17) is 4.74 Å². The van der Waals surface area contributed by atoms with Crippen LogP contribution < -0.4 is 10.1 Å². The fraction of sp³-hybridized carbons (Fsp3) is 0.455. The summed E-state index contributed by atoms with van der Waals surface area (Å²) in [5.41, 5.74) is 0.331. The summed E-state index contributed by atoms with van der Waals surface area (Å²) in [6.45, 7) is 2.27. The highest BCUT2D eigenvalue weighted by molar-refractivity contribution is 5.92. The number of nitrogens with one attached hydrogen (secondary N) is 2. The van der Waals surface area contributed by atoms with E-state index in [0.29, 0.717) is 18.0 Å². The van der Waals surface area contributed by atoms with Crippen LogP contribution in [0, 0.1) is 0 Å². The van der Waals surface area contributed by atoms with Gasteiger partial charge in [0.1, 0.15) is 11.4 Å². The van der Waals surface area contributed by atoms with Gasteiger partial charge in [0.15, 0.2) is 6.61 Å². The first-order chi connectivity index (χ1) is 14.1. The molecule has 154 valence electrons. The summed E-state index contributed by atoms with van der Waals surface area (Å²) < 4.78 is 5.66. The van der Waals surface area contributed by atoms with Crippen molar-refractivity contribution in [2.75, 3.05) is 33.3 Å². The topological polar surface area (TPSA) is 77.7 Å². The van der Waals surface area contributed by atoms with Crippen LogP contribution in [-0.2, 0) is 4.79 Å². The predicted octanol–water partition coefficient (Wildman–Crippen LogP) is 1.89. The van der Waals surface area contributed by atoms with Crippen molar-refractivity contribution in [3.63, 3.8) is 0 Å². The van der Waals surface area contributed by atoms with E-state index in [2.05, 4.69) is 22.2 Å². The summed E-state index contributed by atoms with van der Waals surface area (Å²) >= 11 is 0. The van der Waals surface area contributed by atoms with E-state index >= 15 is 0 Å². The third-order valence-corrected chi connectivity index (χ3v) is 6.27. The van der Waals surface area contributed by atoms with E-state index in [9.17, 15) is 9.59 Å². The van der Waals surface area contributed by atoms with E-state index in [-0.39, 0.29) is 30.0 Å². The molecule has 7 heteroatoms. The number of benzene rings is 1. The molecule has 2 aliphatic rings. The lowest BCUT2D eigenvalue weighted by Crippen LogP contribution is -2.64. The molecule has 0 aliphatic carbocycles. The zero-order valence-corrected chi connectivity index (χ0v) is 16.8. The third-order valence-electron chi connectivity index (χ3n) is 6.27. The van der Waals surface area contributed by atoms with Gasteiger partial charge in [-0.05, 0) is 50.6 Å². The molecule has 2 aliphatic heterocycles. The number of H-pyrrole nitrogens is 1. The Kier molecular flexibility index (Phi) is 5.58. The second-order valence-electron chi connectivity index (χ2n) is 7.94. The minimum absolute atomic E-state index is 0.00828. The van der Waals surface area contributed by atoms with Gasteiger partial charge in [0, 0.05) is 25.8 Å². The van der Waals surface area contributed by atoms with Gasteiger partial charge in [0.05, 0.1) is 11.6 Å². The highest BCUT2D eigenvalue weighted by atomic mass is 16.5. The number of aromatic nitrogens is 1. The first-order valence-electron chi connectivity index (χ1n) is 10.2. The van der Waals surface area contributed by atoms with Crippen LogP contribution in [0.4, 0.5) is 0 Å². The Bertz CT molecular complexity index is 839. The van der Waals surface area contributed by atoms with E-state index < -0.39 is 0 Å². The van der Waals surface area contributed by atoms with Crippen molar-refractivity contribution in [2.45, 2.75) is 30.8 Å². The summed E-state index contributed by atoms with van der Waals surface area (Å²) in [7, 11) is 2.09. The summed E-state index contributed by atoms with van der Waals surface area (Å²) in [5.74, 6) is 0.592. The summed E-state index contributed by atoms with van der Waals surface area (Å²) in [5, 5.41) is 3.21. The molecule has 1 aromatic carbocycles. The molecule has 3 heterocycles. The van der Waals surface area contributed by atoms with Gasteiger partial charge in [-0.1, -0.05) is 18.2 Å². The minimum atomic E-state index is -0.233. The fourth-order valence-corrected chi connectivity index (χ4v) is 4.62. The quantitative estimate of drug-likeness (QED) is 0.809. The van der Waals surface area contributed by atoms with Gasteiger partial charge >= 0.3 is 0 Å². The number of carbonyl (C=O) groups is 2. The second-order valence-corrected chi connectivity index (χ2v) is 7.94. The first kappa shape index (κ1) is 19.5. The molecule has 4 rings (SSSR count). The van der Waals surface area contributed by atoms with Crippen molar-refractivity contribution in [2.24, 2.45) is 0 Å². The maximum atomic E-state index is 12.8. The van der Waals surface area contributed by atoms with E-state index in [0.717, 1.165) is 32.4 Å². The largest absolute Gasteiger partial charge is 0.484 e. The zero-order valence-electron chi connectivity index (χ0n) is 16.8. The Balaban J connectivity index is 1.42. The number of aromatic amines is 1. The van der Waals surface area contributed by atoms with Crippen LogP contribution in [-0.4, -0.2) is 71.5 Å². The van der Waals surface area contributed by atoms with Gasteiger partial charge in [-0.3, -0.25) is 14.5 Å². The average Bonchev–Trinajstić information content (AvgIpc) is 3.38. The molecular formula is C22H28N4O3. The lowest BCUT2D eigenvalue weighted by molar-refractivity contribution is -0.137. The number of amides is 2. The number of nitrogens with zero attached hydrogens (tertiary/aromatic N) is 2. The number of carbonyl (C=O) groups excluding carboxylic acids is 2. The number of para-hydroxylation sites is 1. The molecule has 29 heavy (non-hydrogen) atoms. The van der Waals surface area contributed by atoms with Crippen molar-refractivity contribution in [1.29, 1.82) is 0 Å². The van der Waals surface area contributed by atoms with Crippen molar-refractivity contribution < 1.29 is 14.3 Å². The Morgan fingerprint density at radius 3 is 2.79 bits per heavy atom. The number of ether oxygens (including phenoxy) is 1. The van der Waals surface area contributed by atoms with Crippen molar-refractivity contribution >= 4 is 11.8 Å². The molecular weight excluding hydrogens is 368 g/mol. The SMILES string of the molecule is CN1CCC(NC(=O)c2ccc[nH]2)C12CCCN(C(=O)COc1ccccc1)C2. The summed E-state index contributed by atoms with van der Waals surface area (Å²) in [4.78, 5) is 32.6. The molecule has 1 spiro atoms. The Labute approximate surface area is 171 Å². The van der Waals surface area contributed by atoms with Crippen molar-refractivity contribution in [3.8, 4) is 5.75 Å². The van der Waals surface area contributed by atoms with Crippen LogP contribution >= 0.6 is 0 Å². The van der Waals surface area contributed by atoms with Gasteiger partial charge in [-0.25, -0.2) is 0 Å². The second kappa shape index (κ2) is 8.29. The van der Waals surface area contributed by atoms with Gasteiger partial charge in [0.2, 0.25) is 0 Å². The summed E-state index contributed by atoms with van der Waals surface area (Å²) in [6.07, 6.45) is 4.50. The van der Waals surface area contributed by atoms with E-state index in [1.54, 1.807) is 12.3 Å². The Morgan fingerprint density at radius 2 is 2.03 bits per heavy atom. The Morgan fingerprint density at radius 1 is 1.21 bits per heavy atom. The number of hydrogen-bond donors (Lipinski definition) is 2. The maximum Gasteiger partial charge on any atom is 0.267 e. The molecule has 0 saturated carbocycles. The molecule has 2 fully saturated rings. The number of hydrogen-bond acceptors (Lipinski definition) is 4. The molecule has 1 aromatic heterocycles. The molecule has 0 radical (unpaired) electrons. The molecule has 2 saturated heterocycles. The van der Waals surface area contributed by atoms with Gasteiger partial charge < -0.3 is 19.9 Å². The third kappa shape index (κ3) is 4.00. The lowest BCUT2D eigenvalue weighted by atomic mass is 9.82. The molecule has 2 atom stereocenters. The van der Waals surface area contributed by atoms with Gasteiger partial charge in [0.25, 0.3) is 11.8 Å². The molecule has 2 unspecified atom stereocenters. The summed E-state index contributed by atoms with van der Waals surface area (Å²) in [6, 6.07) is 13.0. The van der Waals surface area contributed by atoms with Gasteiger partial charge in [-0.2, -0.15) is 0 Å². The highest BCUT2D eigenvalue weighted by Gasteiger charge is 2.50. The Hall–Kier alpha value is -2.80. The minimum Gasteiger partial charge on any atom is -0.484 e. The van der Waals surface area contributed by atoms with Gasteiger partial charge in [-0.15, -0.1) is 0 Å². The molecule has 7 nitrogen and oxygen atoms in total. The fourth-order valence-electron chi connectivity index (χ4n) is 4.62. The van der Waals surface area contributed by atoms with Crippen LogP contribution in [0.3, 0.4) is 0 Å². The molecule has 0 bridgehead atoms. The molecule has 2 N–H and O–H groups in total. The number of rotatable bonds is 5. The highest BCUT2D eigenvalue weighted by Crippen LogP contribution is 2.36. The normalized spacial score (nSPS) is 24.6. The van der Waals surface area contributed by atoms with E-state index in [1.807, 2.05) is 41.3 Å². The number of piperidine rings is 1. The van der Waals surface area contributed by atoms with Crippen LogP contribution in [0.25, 0.3) is 0 Å². The van der Waals surface area contributed by atoms with Crippen molar-refractivity contribution in [1.82, 2.24) is 20.1 Å². The predicted molar refractivity (Wildman–Crippen MR) is 110 cm³/mol. The lowest BCUT2D eigenvalue weighted by Gasteiger charge is -2.47. The first-order valence-corrected chi connectivity index (χ1v) is 10.2. The molecule has 2 amide bonds. The average molecular weight is 396 g/mol. The van der Waals surface area contributed by atoms with Crippen LogP contribution in [0.15, 0.2) is 48.7 Å². The molecule has 2 aromatic rings.